The van der Waals surface area contributed by atoms with E-state index in [-0.39, 0.29) is 0 Å². The third-order valence-electron chi connectivity index (χ3n) is 3.71. The topological polar surface area (TPSA) is 0 Å². The maximum Gasteiger partial charge on any atom is -0.0284 e. The van der Waals surface area contributed by atoms with E-state index in [2.05, 4.69) is 20.8 Å². The lowest BCUT2D eigenvalue weighted by Crippen LogP contribution is -2.65. The summed E-state index contributed by atoms with van der Waals surface area (Å²) < 4.78 is 0. The summed E-state index contributed by atoms with van der Waals surface area (Å²) >= 11 is 0. The smallest absolute Gasteiger partial charge is 0.0284 e. The van der Waals surface area contributed by atoms with Crippen molar-refractivity contribution in [1.29, 1.82) is 0 Å². The molecule has 0 aromatic rings. The van der Waals surface area contributed by atoms with E-state index >= 15 is 0 Å². The highest BCUT2D eigenvalue weighted by atomic mass is 14.7. The standard InChI is InChI=1S/C8H14/c1-6-7(2)4-8(6,3)5-7/h6H,4-5H2,1-3H3. The van der Waals surface area contributed by atoms with E-state index in [0.29, 0.717) is 0 Å². The summed E-state index contributed by atoms with van der Waals surface area (Å²) in [6.07, 6.45) is 3.00. The summed E-state index contributed by atoms with van der Waals surface area (Å²) in [4.78, 5) is 0. The molecular weight excluding hydrogens is 96.1 g/mol. The first-order valence-corrected chi connectivity index (χ1v) is 3.57. The van der Waals surface area contributed by atoms with E-state index in [4.69, 9.17) is 0 Å². The zero-order valence-corrected chi connectivity index (χ0v) is 5.99. The molecule has 0 aromatic heterocycles. The number of hydrogen-bond donors (Lipinski definition) is 0. The first kappa shape index (κ1) is 4.84. The van der Waals surface area contributed by atoms with Gasteiger partial charge >= 0.3 is 0 Å². The maximum absolute atomic E-state index is 2.42. The number of rotatable bonds is 0. The Balaban J connectivity index is 2.21. The lowest BCUT2D eigenvalue weighted by molar-refractivity contribution is -0.246. The van der Waals surface area contributed by atoms with Gasteiger partial charge < -0.3 is 0 Å². The molecule has 0 atom stereocenters. The largest absolute Gasteiger partial charge is 0.0615 e. The molecule has 0 aliphatic heterocycles. The predicted molar refractivity (Wildman–Crippen MR) is 34.6 cm³/mol. The van der Waals surface area contributed by atoms with Crippen LogP contribution in [0.2, 0.25) is 0 Å². The van der Waals surface area contributed by atoms with E-state index in [1.54, 1.807) is 0 Å². The zero-order chi connectivity index (χ0) is 5.99. The summed E-state index contributed by atoms with van der Waals surface area (Å²) in [6, 6.07) is 0. The SMILES string of the molecule is CC1C2(C)CC1(C)C2. The van der Waals surface area contributed by atoms with Crippen LogP contribution in [-0.4, -0.2) is 0 Å². The molecule has 3 fully saturated rings. The summed E-state index contributed by atoms with van der Waals surface area (Å²) in [7, 11) is 0. The first-order valence-electron chi connectivity index (χ1n) is 3.57. The van der Waals surface area contributed by atoms with Crippen LogP contribution in [0, 0.1) is 16.7 Å². The normalized spacial score (nSPS) is 68.6. The van der Waals surface area contributed by atoms with E-state index in [0.717, 1.165) is 16.7 Å². The van der Waals surface area contributed by atoms with Gasteiger partial charge in [0, 0.05) is 0 Å². The maximum atomic E-state index is 2.42. The van der Waals surface area contributed by atoms with Crippen LogP contribution in [0.15, 0.2) is 0 Å². The summed E-state index contributed by atoms with van der Waals surface area (Å²) in [5.74, 6) is 1.02. The van der Waals surface area contributed by atoms with Crippen LogP contribution in [0.1, 0.15) is 33.6 Å². The molecule has 46 valence electrons. The Morgan fingerprint density at radius 2 is 1.50 bits per heavy atom. The second kappa shape index (κ2) is 0.872. The second-order valence-corrected chi connectivity index (χ2v) is 4.38. The van der Waals surface area contributed by atoms with Gasteiger partial charge in [-0.25, -0.2) is 0 Å². The van der Waals surface area contributed by atoms with Crippen LogP contribution in [0.25, 0.3) is 0 Å². The molecule has 0 aromatic carbocycles. The van der Waals surface area contributed by atoms with Crippen LogP contribution in [0.3, 0.4) is 0 Å². The highest BCUT2D eigenvalue weighted by Crippen LogP contribution is 2.76. The third kappa shape index (κ3) is 0.260. The van der Waals surface area contributed by atoms with Crippen LogP contribution >= 0.6 is 0 Å². The third-order valence-corrected chi connectivity index (χ3v) is 3.71. The monoisotopic (exact) mass is 110 g/mol. The zero-order valence-electron chi connectivity index (χ0n) is 5.99. The molecule has 0 heteroatoms. The van der Waals surface area contributed by atoms with Crippen molar-refractivity contribution >= 4 is 0 Å². The average Bonchev–Trinajstić information content (AvgIpc) is 1.66. The van der Waals surface area contributed by atoms with Gasteiger partial charge in [0.15, 0.2) is 0 Å². The Kier molecular flexibility index (Phi) is 0.527. The van der Waals surface area contributed by atoms with E-state index in [1.807, 2.05) is 0 Å². The Hall–Kier alpha value is 0. The van der Waals surface area contributed by atoms with Crippen molar-refractivity contribution in [3.8, 4) is 0 Å². The van der Waals surface area contributed by atoms with E-state index < -0.39 is 0 Å². The molecule has 0 unspecified atom stereocenters. The molecule has 3 aliphatic rings. The number of hydrogen-bond acceptors (Lipinski definition) is 0. The molecular formula is C8H14. The quantitative estimate of drug-likeness (QED) is 0.449. The minimum atomic E-state index is 0.786. The van der Waals surface area contributed by atoms with Crippen molar-refractivity contribution < 1.29 is 0 Å². The Labute approximate surface area is 51.3 Å². The fourth-order valence-corrected chi connectivity index (χ4v) is 2.98. The molecule has 2 bridgehead atoms. The van der Waals surface area contributed by atoms with Gasteiger partial charge in [-0.05, 0) is 29.6 Å². The molecule has 3 saturated carbocycles. The molecule has 3 aliphatic carbocycles. The van der Waals surface area contributed by atoms with Crippen molar-refractivity contribution in [3.05, 3.63) is 0 Å². The fourth-order valence-electron chi connectivity index (χ4n) is 2.98. The Bertz CT molecular complexity index is 115. The highest BCUT2D eigenvalue weighted by molar-refractivity contribution is 5.17. The molecule has 0 spiro atoms. The van der Waals surface area contributed by atoms with Crippen molar-refractivity contribution in [3.63, 3.8) is 0 Å². The Morgan fingerprint density at radius 1 is 1.12 bits per heavy atom. The van der Waals surface area contributed by atoms with Gasteiger partial charge in [0.25, 0.3) is 0 Å². The van der Waals surface area contributed by atoms with Gasteiger partial charge in [-0.1, -0.05) is 20.8 Å². The fraction of sp³-hybridized carbons (Fsp3) is 1.00. The lowest BCUT2D eigenvalue weighted by atomic mass is 9.31. The van der Waals surface area contributed by atoms with Crippen molar-refractivity contribution in [2.45, 2.75) is 33.6 Å². The van der Waals surface area contributed by atoms with Gasteiger partial charge in [0.05, 0.1) is 0 Å². The molecule has 0 amide bonds. The molecule has 0 heterocycles. The van der Waals surface area contributed by atoms with Gasteiger partial charge in [0.2, 0.25) is 0 Å². The molecule has 0 N–H and O–H groups in total. The lowest BCUT2D eigenvalue weighted by Gasteiger charge is -2.74. The summed E-state index contributed by atoms with van der Waals surface area (Å²) in [5.41, 5.74) is 1.57. The van der Waals surface area contributed by atoms with E-state index in [1.165, 1.54) is 12.8 Å². The van der Waals surface area contributed by atoms with Crippen LogP contribution in [0.4, 0.5) is 0 Å². The molecule has 8 heavy (non-hydrogen) atoms. The van der Waals surface area contributed by atoms with Gasteiger partial charge in [-0.3, -0.25) is 0 Å². The minimum Gasteiger partial charge on any atom is -0.0615 e. The second-order valence-electron chi connectivity index (χ2n) is 4.38. The van der Waals surface area contributed by atoms with Crippen molar-refractivity contribution in [2.24, 2.45) is 16.7 Å². The summed E-state index contributed by atoms with van der Waals surface area (Å²) in [5, 5.41) is 0. The molecule has 3 rings (SSSR count). The summed E-state index contributed by atoms with van der Waals surface area (Å²) in [6.45, 7) is 7.23. The van der Waals surface area contributed by atoms with Crippen molar-refractivity contribution in [2.75, 3.05) is 0 Å². The molecule has 0 saturated heterocycles. The van der Waals surface area contributed by atoms with Crippen molar-refractivity contribution in [1.82, 2.24) is 0 Å². The molecule has 0 nitrogen and oxygen atoms in total. The van der Waals surface area contributed by atoms with Crippen LogP contribution in [-0.2, 0) is 0 Å². The van der Waals surface area contributed by atoms with Gasteiger partial charge in [0.1, 0.15) is 0 Å². The average molecular weight is 110 g/mol. The van der Waals surface area contributed by atoms with Crippen LogP contribution < -0.4 is 0 Å². The molecule has 0 radical (unpaired) electrons. The minimum absolute atomic E-state index is 0.786. The van der Waals surface area contributed by atoms with Crippen LogP contribution in [0.5, 0.6) is 0 Å². The first-order chi connectivity index (χ1) is 3.57. The van der Waals surface area contributed by atoms with Gasteiger partial charge in [-0.2, -0.15) is 0 Å². The van der Waals surface area contributed by atoms with Gasteiger partial charge in [-0.15, -0.1) is 0 Å². The predicted octanol–water partition coefficient (Wildman–Crippen LogP) is 2.44. The van der Waals surface area contributed by atoms with E-state index in [9.17, 15) is 0 Å². The highest BCUT2D eigenvalue weighted by Gasteiger charge is 2.67. The Morgan fingerprint density at radius 3 is 1.50 bits per heavy atom.